The first-order valence-corrected chi connectivity index (χ1v) is 10.3. The summed E-state index contributed by atoms with van der Waals surface area (Å²) in [5.41, 5.74) is 1.49. The first kappa shape index (κ1) is 20.5. The van der Waals surface area contributed by atoms with Gasteiger partial charge in [-0.15, -0.1) is 10.2 Å². The highest BCUT2D eigenvalue weighted by Gasteiger charge is 2.22. The molecule has 0 N–H and O–H groups in total. The number of nitrogens with zero attached hydrogens (tertiary/aromatic N) is 6. The topological polar surface area (TPSA) is 93.5 Å². The van der Waals surface area contributed by atoms with Crippen LogP contribution in [0.25, 0.3) is 11.3 Å². The van der Waals surface area contributed by atoms with Crippen LogP contribution in [0.4, 0.5) is 5.82 Å². The zero-order valence-electron chi connectivity index (χ0n) is 17.3. The maximum atomic E-state index is 12.5. The van der Waals surface area contributed by atoms with Crippen LogP contribution in [0.5, 0.6) is 5.75 Å². The summed E-state index contributed by atoms with van der Waals surface area (Å²) in [7, 11) is 0. The molecule has 0 saturated carbocycles. The molecule has 1 saturated heterocycles. The molecule has 0 bridgehead atoms. The molecule has 1 aliphatic rings. The number of hydrogen-bond donors (Lipinski definition) is 0. The number of aromatic nitrogens is 4. The molecule has 0 spiro atoms. The van der Waals surface area contributed by atoms with E-state index in [-0.39, 0.29) is 18.0 Å². The van der Waals surface area contributed by atoms with Crippen molar-refractivity contribution in [2.24, 2.45) is 0 Å². The number of carbonyl (C=O) groups is 1. The average Bonchev–Trinajstić information content (AvgIpc) is 2.81. The first-order chi connectivity index (χ1) is 15.1. The Morgan fingerprint density at radius 2 is 1.77 bits per heavy atom. The number of carbonyl (C=O) groups excluding carboxylic acids is 1. The lowest BCUT2D eigenvalue weighted by Gasteiger charge is -2.35. The Hall–Kier alpha value is -3.75. The Balaban J connectivity index is 1.34. The fraction of sp³-hybridized carbons (Fsp3) is 0.318. The molecule has 9 nitrogen and oxygen atoms in total. The first-order valence-electron chi connectivity index (χ1n) is 10.3. The van der Waals surface area contributed by atoms with Gasteiger partial charge in [0.15, 0.2) is 5.82 Å². The second-order valence-electron chi connectivity index (χ2n) is 7.12. The molecule has 0 aliphatic carbocycles. The summed E-state index contributed by atoms with van der Waals surface area (Å²) in [6.45, 7) is 4.96. The molecule has 31 heavy (non-hydrogen) atoms. The third-order valence-electron chi connectivity index (χ3n) is 5.14. The minimum absolute atomic E-state index is 0.0454. The van der Waals surface area contributed by atoms with E-state index in [9.17, 15) is 9.59 Å². The SMILES string of the molecule is CCOc1ccc(-c2ccc(N3CCN(C(=O)Cn4ncccc4=O)CC3)nn2)cc1. The van der Waals surface area contributed by atoms with Crippen molar-refractivity contribution in [3.63, 3.8) is 0 Å². The van der Waals surface area contributed by atoms with Gasteiger partial charge in [0.1, 0.15) is 12.3 Å². The third-order valence-corrected chi connectivity index (χ3v) is 5.14. The van der Waals surface area contributed by atoms with Crippen molar-refractivity contribution in [1.82, 2.24) is 24.9 Å². The third kappa shape index (κ3) is 4.88. The zero-order chi connectivity index (χ0) is 21.6. The summed E-state index contributed by atoms with van der Waals surface area (Å²) in [5, 5.41) is 12.7. The smallest absolute Gasteiger partial charge is 0.267 e. The van der Waals surface area contributed by atoms with E-state index < -0.39 is 0 Å². The molecular weight excluding hydrogens is 396 g/mol. The van der Waals surface area contributed by atoms with Crippen LogP contribution in [0, 0.1) is 0 Å². The minimum atomic E-state index is -0.280. The summed E-state index contributed by atoms with van der Waals surface area (Å²) in [4.78, 5) is 28.1. The molecule has 0 radical (unpaired) electrons. The highest BCUT2D eigenvalue weighted by Crippen LogP contribution is 2.22. The van der Waals surface area contributed by atoms with E-state index in [4.69, 9.17) is 4.74 Å². The quantitative estimate of drug-likeness (QED) is 0.596. The molecule has 1 aliphatic heterocycles. The van der Waals surface area contributed by atoms with Gasteiger partial charge in [-0.25, -0.2) is 4.68 Å². The Bertz CT molecular complexity index is 1070. The van der Waals surface area contributed by atoms with Crippen molar-refractivity contribution in [1.29, 1.82) is 0 Å². The molecule has 0 unspecified atom stereocenters. The van der Waals surface area contributed by atoms with E-state index in [1.54, 1.807) is 11.0 Å². The van der Waals surface area contributed by atoms with Gasteiger partial charge in [0.25, 0.3) is 5.56 Å². The van der Waals surface area contributed by atoms with Crippen LogP contribution < -0.4 is 15.2 Å². The van der Waals surface area contributed by atoms with Crippen molar-refractivity contribution in [3.8, 4) is 17.0 Å². The van der Waals surface area contributed by atoms with E-state index in [0.717, 1.165) is 22.8 Å². The second kappa shape index (κ2) is 9.38. The average molecular weight is 420 g/mol. The van der Waals surface area contributed by atoms with E-state index in [1.165, 1.54) is 16.9 Å². The molecule has 3 heterocycles. The molecule has 3 aromatic rings. The molecule has 1 amide bonds. The summed E-state index contributed by atoms with van der Waals surface area (Å²) in [6.07, 6.45) is 1.50. The number of anilines is 1. The molecule has 160 valence electrons. The van der Waals surface area contributed by atoms with Crippen LogP contribution in [-0.2, 0) is 11.3 Å². The number of ether oxygens (including phenoxy) is 1. The maximum Gasteiger partial charge on any atom is 0.267 e. The predicted molar refractivity (Wildman–Crippen MR) is 116 cm³/mol. The molecular formula is C22H24N6O3. The molecule has 9 heteroatoms. The number of amides is 1. The minimum Gasteiger partial charge on any atom is -0.494 e. The van der Waals surface area contributed by atoms with Crippen molar-refractivity contribution >= 4 is 11.7 Å². The fourth-order valence-electron chi connectivity index (χ4n) is 3.46. The molecule has 2 aromatic heterocycles. The number of benzene rings is 1. The number of piperazine rings is 1. The van der Waals surface area contributed by atoms with Crippen molar-refractivity contribution < 1.29 is 9.53 Å². The largest absolute Gasteiger partial charge is 0.494 e. The Morgan fingerprint density at radius 1 is 1.00 bits per heavy atom. The van der Waals surface area contributed by atoms with Crippen LogP contribution in [-0.4, -0.2) is 63.6 Å². The van der Waals surface area contributed by atoms with Crippen LogP contribution in [0.3, 0.4) is 0 Å². The predicted octanol–water partition coefficient (Wildman–Crippen LogP) is 1.45. The van der Waals surface area contributed by atoms with Crippen LogP contribution in [0.2, 0.25) is 0 Å². The van der Waals surface area contributed by atoms with Crippen LogP contribution in [0.15, 0.2) is 59.5 Å². The maximum absolute atomic E-state index is 12.5. The van der Waals surface area contributed by atoms with E-state index in [0.29, 0.717) is 32.8 Å². The Kier molecular flexibility index (Phi) is 6.21. The summed E-state index contributed by atoms with van der Waals surface area (Å²) in [5.74, 6) is 1.50. The van der Waals surface area contributed by atoms with E-state index in [1.807, 2.05) is 43.3 Å². The van der Waals surface area contributed by atoms with Crippen LogP contribution >= 0.6 is 0 Å². The van der Waals surface area contributed by atoms with Gasteiger partial charge in [0, 0.05) is 44.0 Å². The lowest BCUT2D eigenvalue weighted by atomic mass is 10.1. The number of rotatable bonds is 6. The van der Waals surface area contributed by atoms with E-state index >= 15 is 0 Å². The highest BCUT2D eigenvalue weighted by atomic mass is 16.5. The summed E-state index contributed by atoms with van der Waals surface area (Å²) < 4.78 is 6.65. The summed E-state index contributed by atoms with van der Waals surface area (Å²) in [6, 6.07) is 14.6. The fourth-order valence-corrected chi connectivity index (χ4v) is 3.46. The Morgan fingerprint density at radius 3 is 2.42 bits per heavy atom. The standard InChI is InChI=1S/C22H24N6O3/c1-2-31-18-7-5-17(6-8-18)19-9-10-20(25-24-19)26-12-14-27(15-13-26)22(30)16-28-21(29)4-3-11-23-28/h3-11H,2,12-16H2,1H3. The van der Waals surface area contributed by atoms with E-state index in [2.05, 4.69) is 20.2 Å². The van der Waals surface area contributed by atoms with Gasteiger partial charge in [-0.3, -0.25) is 9.59 Å². The van der Waals surface area contributed by atoms with Crippen molar-refractivity contribution in [2.75, 3.05) is 37.7 Å². The lowest BCUT2D eigenvalue weighted by molar-refractivity contribution is -0.132. The lowest BCUT2D eigenvalue weighted by Crippen LogP contribution is -2.50. The second-order valence-corrected chi connectivity index (χ2v) is 7.12. The van der Waals surface area contributed by atoms with Gasteiger partial charge < -0.3 is 14.5 Å². The molecule has 1 fully saturated rings. The van der Waals surface area contributed by atoms with Gasteiger partial charge in [-0.05, 0) is 49.4 Å². The van der Waals surface area contributed by atoms with Gasteiger partial charge in [-0.1, -0.05) is 0 Å². The van der Waals surface area contributed by atoms with Gasteiger partial charge >= 0.3 is 0 Å². The zero-order valence-corrected chi connectivity index (χ0v) is 17.3. The monoisotopic (exact) mass is 420 g/mol. The van der Waals surface area contributed by atoms with Crippen molar-refractivity contribution in [2.45, 2.75) is 13.5 Å². The molecule has 0 atom stereocenters. The Labute approximate surface area is 179 Å². The highest BCUT2D eigenvalue weighted by molar-refractivity contribution is 5.76. The van der Waals surface area contributed by atoms with Gasteiger partial charge in [0.05, 0.1) is 12.3 Å². The number of hydrogen-bond acceptors (Lipinski definition) is 7. The molecule has 4 rings (SSSR count). The van der Waals surface area contributed by atoms with Gasteiger partial charge in [0.2, 0.25) is 5.91 Å². The van der Waals surface area contributed by atoms with Crippen LogP contribution in [0.1, 0.15) is 6.92 Å². The van der Waals surface area contributed by atoms with Crippen molar-refractivity contribution in [3.05, 3.63) is 65.1 Å². The van der Waals surface area contributed by atoms with Gasteiger partial charge in [-0.2, -0.15) is 5.10 Å². The summed E-state index contributed by atoms with van der Waals surface area (Å²) >= 11 is 0. The molecule has 1 aromatic carbocycles. The normalized spacial score (nSPS) is 13.8.